The van der Waals surface area contributed by atoms with Crippen molar-refractivity contribution >= 4 is 17.6 Å². The fraction of sp³-hybridized carbons (Fsp3) is 0.263. The van der Waals surface area contributed by atoms with E-state index in [1.165, 1.54) is 7.11 Å². The van der Waals surface area contributed by atoms with Crippen molar-refractivity contribution in [2.75, 3.05) is 12.4 Å². The molecule has 0 saturated carbocycles. The predicted octanol–water partition coefficient (Wildman–Crippen LogP) is 3.70. The Kier molecular flexibility index (Phi) is 4.84. The molecule has 2 aromatic carbocycles. The summed E-state index contributed by atoms with van der Waals surface area (Å²) in [6, 6.07) is 14.8. The molecule has 2 aromatic rings. The summed E-state index contributed by atoms with van der Waals surface area (Å²) in [4.78, 5) is 24.5. The lowest BCUT2D eigenvalue weighted by Crippen LogP contribution is -2.35. The van der Waals surface area contributed by atoms with Gasteiger partial charge in [-0.25, -0.2) is 4.79 Å². The topological polar surface area (TPSA) is 55.4 Å². The van der Waals surface area contributed by atoms with Crippen molar-refractivity contribution in [3.8, 4) is 0 Å². The molecule has 4 heteroatoms. The Morgan fingerprint density at radius 2 is 1.65 bits per heavy atom. The third-order valence-electron chi connectivity index (χ3n) is 4.05. The summed E-state index contributed by atoms with van der Waals surface area (Å²) in [7, 11) is 1.34. The average molecular weight is 311 g/mol. The summed E-state index contributed by atoms with van der Waals surface area (Å²) < 4.78 is 4.76. The molecule has 0 aliphatic heterocycles. The Hall–Kier alpha value is -2.62. The van der Waals surface area contributed by atoms with Crippen LogP contribution in [-0.4, -0.2) is 19.0 Å². The summed E-state index contributed by atoms with van der Waals surface area (Å²) in [6.45, 7) is 5.53. The van der Waals surface area contributed by atoms with Crippen LogP contribution in [-0.2, 0) is 14.9 Å². The van der Waals surface area contributed by atoms with E-state index in [4.69, 9.17) is 4.74 Å². The van der Waals surface area contributed by atoms with Crippen LogP contribution in [0.4, 0.5) is 5.69 Å². The maximum Gasteiger partial charge on any atom is 0.338 e. The van der Waals surface area contributed by atoms with Crippen LogP contribution >= 0.6 is 0 Å². The normalized spacial score (nSPS) is 11.0. The van der Waals surface area contributed by atoms with E-state index in [0.717, 1.165) is 5.56 Å². The number of hydrogen-bond acceptors (Lipinski definition) is 3. The zero-order valence-electron chi connectivity index (χ0n) is 13.8. The van der Waals surface area contributed by atoms with Crippen LogP contribution in [0.3, 0.4) is 0 Å². The van der Waals surface area contributed by atoms with E-state index in [9.17, 15) is 9.59 Å². The minimum atomic E-state index is -0.686. The molecule has 0 fully saturated rings. The maximum absolute atomic E-state index is 12.7. The number of methoxy groups -OCH3 is 1. The Morgan fingerprint density at radius 1 is 1.00 bits per heavy atom. The van der Waals surface area contributed by atoms with Crippen molar-refractivity contribution in [3.63, 3.8) is 0 Å². The van der Waals surface area contributed by atoms with Crippen molar-refractivity contribution in [1.29, 1.82) is 0 Å². The molecule has 1 amide bonds. The first-order valence-corrected chi connectivity index (χ1v) is 7.43. The van der Waals surface area contributed by atoms with Crippen molar-refractivity contribution in [1.82, 2.24) is 0 Å². The van der Waals surface area contributed by atoms with E-state index in [1.807, 2.05) is 44.2 Å². The summed E-state index contributed by atoms with van der Waals surface area (Å²) in [6.07, 6.45) is 0. The van der Waals surface area contributed by atoms with Crippen LogP contribution < -0.4 is 5.32 Å². The average Bonchev–Trinajstić information content (AvgIpc) is 2.56. The van der Waals surface area contributed by atoms with E-state index in [0.29, 0.717) is 16.8 Å². The van der Waals surface area contributed by atoms with E-state index >= 15 is 0 Å². The fourth-order valence-electron chi connectivity index (χ4n) is 2.37. The predicted molar refractivity (Wildman–Crippen MR) is 90.6 cm³/mol. The number of carbonyl (C=O) groups is 2. The number of ether oxygens (including phenoxy) is 1. The molecule has 120 valence electrons. The SMILES string of the molecule is COC(=O)c1cccc(NC(=O)C(C)(C)c2ccccc2)c1C. The Labute approximate surface area is 136 Å². The number of nitrogens with one attached hydrogen (secondary N) is 1. The molecule has 2 rings (SSSR count). The van der Waals surface area contributed by atoms with Crippen LogP contribution in [0.1, 0.15) is 35.3 Å². The summed E-state index contributed by atoms with van der Waals surface area (Å²) in [5.41, 5.74) is 2.00. The fourth-order valence-corrected chi connectivity index (χ4v) is 2.37. The van der Waals surface area contributed by atoms with Crippen molar-refractivity contribution < 1.29 is 14.3 Å². The first kappa shape index (κ1) is 16.7. The van der Waals surface area contributed by atoms with Gasteiger partial charge in [-0.05, 0) is 44.0 Å². The van der Waals surface area contributed by atoms with Crippen LogP contribution in [0.5, 0.6) is 0 Å². The van der Waals surface area contributed by atoms with Gasteiger partial charge in [0, 0.05) is 5.69 Å². The van der Waals surface area contributed by atoms with Gasteiger partial charge in [-0.2, -0.15) is 0 Å². The van der Waals surface area contributed by atoms with Gasteiger partial charge in [0.1, 0.15) is 0 Å². The molecule has 0 unspecified atom stereocenters. The van der Waals surface area contributed by atoms with Gasteiger partial charge in [0.2, 0.25) is 5.91 Å². The molecule has 0 bridgehead atoms. The third-order valence-corrected chi connectivity index (χ3v) is 4.05. The Morgan fingerprint density at radius 3 is 2.26 bits per heavy atom. The van der Waals surface area contributed by atoms with Gasteiger partial charge in [0.05, 0.1) is 18.1 Å². The Bertz CT molecular complexity index is 721. The van der Waals surface area contributed by atoms with Crippen LogP contribution in [0.2, 0.25) is 0 Å². The number of amides is 1. The molecule has 23 heavy (non-hydrogen) atoms. The number of benzene rings is 2. The van der Waals surface area contributed by atoms with Crippen LogP contribution in [0.25, 0.3) is 0 Å². The van der Waals surface area contributed by atoms with Crippen molar-refractivity contribution in [2.24, 2.45) is 0 Å². The van der Waals surface area contributed by atoms with Crippen LogP contribution in [0.15, 0.2) is 48.5 Å². The second-order valence-electron chi connectivity index (χ2n) is 5.91. The highest BCUT2D eigenvalue weighted by Crippen LogP contribution is 2.27. The molecule has 0 aliphatic carbocycles. The molecule has 4 nitrogen and oxygen atoms in total. The first-order chi connectivity index (χ1) is 10.9. The van der Waals surface area contributed by atoms with Gasteiger partial charge < -0.3 is 10.1 Å². The summed E-state index contributed by atoms with van der Waals surface area (Å²) in [5.74, 6) is -0.547. The van der Waals surface area contributed by atoms with E-state index in [2.05, 4.69) is 5.32 Å². The first-order valence-electron chi connectivity index (χ1n) is 7.43. The maximum atomic E-state index is 12.7. The number of rotatable bonds is 4. The molecule has 0 radical (unpaired) electrons. The van der Waals surface area contributed by atoms with E-state index in [-0.39, 0.29) is 5.91 Å². The van der Waals surface area contributed by atoms with Gasteiger partial charge >= 0.3 is 5.97 Å². The zero-order valence-corrected chi connectivity index (χ0v) is 13.8. The van der Waals surface area contributed by atoms with Crippen molar-refractivity contribution in [2.45, 2.75) is 26.2 Å². The Balaban J connectivity index is 2.29. The van der Waals surface area contributed by atoms with Gasteiger partial charge in [0.25, 0.3) is 0 Å². The van der Waals surface area contributed by atoms with Gasteiger partial charge in [-0.3, -0.25) is 4.79 Å². The molecular weight excluding hydrogens is 290 g/mol. The lowest BCUT2D eigenvalue weighted by Gasteiger charge is -2.25. The molecule has 1 N–H and O–H groups in total. The standard InChI is InChI=1S/C19H21NO3/c1-13-15(17(21)23-4)11-8-12-16(13)20-18(22)19(2,3)14-9-6-5-7-10-14/h5-12H,1-4H3,(H,20,22). The zero-order chi connectivity index (χ0) is 17.0. The minimum absolute atomic E-state index is 0.131. The number of carbonyl (C=O) groups excluding carboxylic acids is 2. The highest BCUT2D eigenvalue weighted by Gasteiger charge is 2.30. The molecule has 0 spiro atoms. The number of anilines is 1. The van der Waals surface area contributed by atoms with E-state index in [1.54, 1.807) is 25.1 Å². The van der Waals surface area contributed by atoms with E-state index < -0.39 is 11.4 Å². The second-order valence-corrected chi connectivity index (χ2v) is 5.91. The summed E-state index contributed by atoms with van der Waals surface area (Å²) >= 11 is 0. The molecule has 0 heterocycles. The smallest absolute Gasteiger partial charge is 0.338 e. The third kappa shape index (κ3) is 3.42. The highest BCUT2D eigenvalue weighted by atomic mass is 16.5. The van der Waals surface area contributed by atoms with Gasteiger partial charge in [-0.15, -0.1) is 0 Å². The largest absolute Gasteiger partial charge is 0.465 e. The minimum Gasteiger partial charge on any atom is -0.465 e. The lowest BCUT2D eigenvalue weighted by molar-refractivity contribution is -0.120. The van der Waals surface area contributed by atoms with Gasteiger partial charge in [0.15, 0.2) is 0 Å². The van der Waals surface area contributed by atoms with Crippen molar-refractivity contribution in [3.05, 3.63) is 65.2 Å². The molecule has 0 aromatic heterocycles. The second kappa shape index (κ2) is 6.65. The number of hydrogen-bond donors (Lipinski definition) is 1. The monoisotopic (exact) mass is 311 g/mol. The lowest BCUT2D eigenvalue weighted by atomic mass is 9.83. The highest BCUT2D eigenvalue weighted by molar-refractivity contribution is 6.01. The molecular formula is C19H21NO3. The van der Waals surface area contributed by atoms with Gasteiger partial charge in [-0.1, -0.05) is 36.4 Å². The molecule has 0 atom stereocenters. The number of esters is 1. The van der Waals surface area contributed by atoms with Crippen LogP contribution in [0, 0.1) is 6.92 Å². The summed E-state index contributed by atoms with van der Waals surface area (Å²) in [5, 5.41) is 2.92. The molecule has 0 saturated heterocycles. The quantitative estimate of drug-likeness (QED) is 0.876. The molecule has 0 aliphatic rings.